The molecule has 5 nitrogen and oxygen atoms in total. The lowest BCUT2D eigenvalue weighted by atomic mass is 9.79. The fraction of sp³-hybridized carbons (Fsp3) is 0.484. The van der Waals surface area contributed by atoms with Crippen LogP contribution in [0.25, 0.3) is 10.9 Å². The van der Waals surface area contributed by atoms with Gasteiger partial charge in [-0.15, -0.1) is 0 Å². The molecule has 38 heavy (non-hydrogen) atoms. The highest BCUT2D eigenvalue weighted by molar-refractivity contribution is 6.30. The van der Waals surface area contributed by atoms with Gasteiger partial charge in [-0.2, -0.15) is 0 Å². The molecular formula is C31H38ClFN2O3. The number of hydrogen-bond acceptors (Lipinski definition) is 4. The number of likely N-dealkylation sites (tertiary alicyclic amines) is 1. The number of hydrogen-bond donors (Lipinski definition) is 1. The maximum absolute atomic E-state index is 15.6. The summed E-state index contributed by atoms with van der Waals surface area (Å²) >= 11 is 6.10. The number of carbonyl (C=O) groups is 1. The predicted molar refractivity (Wildman–Crippen MR) is 151 cm³/mol. The highest BCUT2D eigenvalue weighted by Crippen LogP contribution is 2.36. The van der Waals surface area contributed by atoms with Crippen LogP contribution < -0.4 is 4.74 Å². The number of carboxylic acid groups (broad SMARTS) is 1. The second-order valence-corrected chi connectivity index (χ2v) is 10.9. The molecule has 1 unspecified atom stereocenters. The molecule has 3 aromatic rings. The third-order valence-electron chi connectivity index (χ3n) is 7.89. The number of nitrogens with zero attached hydrogens (tertiary/aromatic N) is 2. The average molecular weight is 541 g/mol. The van der Waals surface area contributed by atoms with E-state index in [0.717, 1.165) is 67.7 Å². The molecule has 1 aliphatic heterocycles. The Labute approximate surface area is 230 Å². The maximum atomic E-state index is 15.6. The number of benzene rings is 2. The van der Waals surface area contributed by atoms with E-state index in [4.69, 9.17) is 16.3 Å². The van der Waals surface area contributed by atoms with Crippen LogP contribution >= 0.6 is 11.6 Å². The van der Waals surface area contributed by atoms with Crippen LogP contribution in [0, 0.1) is 11.8 Å². The Kier molecular flexibility index (Phi) is 10.4. The predicted octanol–water partition coefficient (Wildman–Crippen LogP) is 7.51. The van der Waals surface area contributed by atoms with Gasteiger partial charge in [0.05, 0.1) is 12.6 Å². The molecule has 0 amide bonds. The van der Waals surface area contributed by atoms with Gasteiger partial charge in [0.15, 0.2) is 0 Å². The Balaban J connectivity index is 1.32. The van der Waals surface area contributed by atoms with Gasteiger partial charge in [-0.05, 0) is 117 Å². The number of aromatic nitrogens is 1. The van der Waals surface area contributed by atoms with Crippen molar-refractivity contribution < 1.29 is 19.0 Å². The Morgan fingerprint density at radius 1 is 1.18 bits per heavy atom. The van der Waals surface area contributed by atoms with E-state index in [1.807, 2.05) is 36.4 Å². The number of rotatable bonds is 13. The molecule has 0 aliphatic carbocycles. The molecule has 7 heteroatoms. The first-order valence-electron chi connectivity index (χ1n) is 13.7. The zero-order chi connectivity index (χ0) is 26.9. The molecule has 1 saturated heterocycles. The number of ether oxygens (including phenoxy) is 1. The zero-order valence-electron chi connectivity index (χ0n) is 22.1. The maximum Gasteiger partial charge on any atom is 0.303 e. The highest BCUT2D eigenvalue weighted by Gasteiger charge is 2.30. The molecular weight excluding hydrogens is 503 g/mol. The SMILES string of the molecule is COc1ccc2nccc(C(F)CC[C@@H]3CCN(CCCCc4cccc(Cl)c4)C[C@@H]3CCC(=O)O)c2c1. The molecule has 1 aromatic heterocycles. The minimum atomic E-state index is -1.10. The summed E-state index contributed by atoms with van der Waals surface area (Å²) in [5.74, 6) is 0.530. The smallest absolute Gasteiger partial charge is 0.303 e. The number of methoxy groups -OCH3 is 1. The van der Waals surface area contributed by atoms with Crippen molar-refractivity contribution in [2.75, 3.05) is 26.7 Å². The number of halogens is 2. The Bertz CT molecular complexity index is 1210. The van der Waals surface area contributed by atoms with Gasteiger partial charge in [0, 0.05) is 29.6 Å². The summed E-state index contributed by atoms with van der Waals surface area (Å²) in [6.45, 7) is 2.88. The number of fused-ring (bicyclic) bond motifs is 1. The van der Waals surface area contributed by atoms with E-state index in [2.05, 4.69) is 16.0 Å². The number of carboxylic acids is 1. The van der Waals surface area contributed by atoms with E-state index >= 15 is 4.39 Å². The molecule has 0 bridgehead atoms. The first-order valence-corrected chi connectivity index (χ1v) is 14.1. The van der Waals surface area contributed by atoms with Crippen LogP contribution in [0.2, 0.25) is 5.02 Å². The zero-order valence-corrected chi connectivity index (χ0v) is 22.9. The van der Waals surface area contributed by atoms with Crippen LogP contribution in [0.15, 0.2) is 54.7 Å². The van der Waals surface area contributed by atoms with Gasteiger partial charge in [0.25, 0.3) is 0 Å². The Morgan fingerprint density at radius 2 is 2.05 bits per heavy atom. The van der Waals surface area contributed by atoms with Crippen molar-refractivity contribution in [3.8, 4) is 5.75 Å². The lowest BCUT2D eigenvalue weighted by Crippen LogP contribution is -2.41. The number of pyridine rings is 1. The average Bonchev–Trinajstić information content (AvgIpc) is 2.92. The number of piperidine rings is 1. The number of aliphatic carboxylic acids is 1. The van der Waals surface area contributed by atoms with E-state index < -0.39 is 12.1 Å². The van der Waals surface area contributed by atoms with E-state index in [9.17, 15) is 9.90 Å². The molecule has 1 N–H and O–H groups in total. The lowest BCUT2D eigenvalue weighted by Gasteiger charge is -2.39. The molecule has 1 aliphatic rings. The third kappa shape index (κ3) is 7.90. The van der Waals surface area contributed by atoms with Crippen molar-refractivity contribution in [1.82, 2.24) is 9.88 Å². The molecule has 204 valence electrons. The van der Waals surface area contributed by atoms with Crippen LogP contribution in [-0.4, -0.2) is 47.7 Å². The van der Waals surface area contributed by atoms with Gasteiger partial charge in [0.2, 0.25) is 0 Å². The summed E-state index contributed by atoms with van der Waals surface area (Å²) in [4.78, 5) is 18.2. The van der Waals surface area contributed by atoms with Gasteiger partial charge in [-0.3, -0.25) is 9.78 Å². The molecule has 2 heterocycles. The normalized spacial score (nSPS) is 18.9. The van der Waals surface area contributed by atoms with Crippen molar-refractivity contribution in [1.29, 1.82) is 0 Å². The minimum absolute atomic E-state index is 0.164. The Hall–Kier alpha value is -2.70. The molecule has 0 spiro atoms. The van der Waals surface area contributed by atoms with E-state index in [-0.39, 0.29) is 12.3 Å². The minimum Gasteiger partial charge on any atom is -0.497 e. The van der Waals surface area contributed by atoms with E-state index in [1.165, 1.54) is 5.56 Å². The summed E-state index contributed by atoms with van der Waals surface area (Å²) < 4.78 is 20.9. The topological polar surface area (TPSA) is 62.7 Å². The quantitative estimate of drug-likeness (QED) is 0.227. The monoisotopic (exact) mass is 540 g/mol. The van der Waals surface area contributed by atoms with Crippen LogP contribution in [0.1, 0.15) is 62.2 Å². The molecule has 3 atom stereocenters. The van der Waals surface area contributed by atoms with Gasteiger partial charge in [-0.25, -0.2) is 4.39 Å². The summed E-state index contributed by atoms with van der Waals surface area (Å²) in [7, 11) is 1.60. The molecule has 1 fully saturated rings. The third-order valence-corrected chi connectivity index (χ3v) is 8.13. The second-order valence-electron chi connectivity index (χ2n) is 10.5. The van der Waals surface area contributed by atoms with Crippen molar-refractivity contribution >= 4 is 28.5 Å². The lowest BCUT2D eigenvalue weighted by molar-refractivity contribution is -0.137. The van der Waals surface area contributed by atoms with Gasteiger partial charge in [0.1, 0.15) is 11.9 Å². The van der Waals surface area contributed by atoms with Crippen molar-refractivity contribution in [3.05, 3.63) is 70.9 Å². The number of unbranched alkanes of at least 4 members (excludes halogenated alkanes) is 1. The molecule has 0 saturated carbocycles. The molecule has 2 aromatic carbocycles. The summed E-state index contributed by atoms with van der Waals surface area (Å²) in [6, 6.07) is 15.3. The summed E-state index contributed by atoms with van der Waals surface area (Å²) in [5.41, 5.74) is 2.67. The van der Waals surface area contributed by atoms with Crippen molar-refractivity contribution in [3.63, 3.8) is 0 Å². The first-order chi connectivity index (χ1) is 18.4. The number of alkyl halides is 1. The molecule has 4 rings (SSSR count). The standard InChI is InChI=1S/C31H38ClFN2O3/c1-38-26-10-12-30-28(20-26)27(14-16-34-30)29(33)11-8-23-15-18-35(21-24(23)9-13-31(36)37)17-3-2-5-22-6-4-7-25(32)19-22/h4,6-7,10,12,14,16,19-20,23-24,29H,2-3,5,8-9,11,13,15,17-18,21H2,1H3,(H,36,37)/t23-,24+,29?/m1/s1. The second kappa shape index (κ2) is 13.9. The van der Waals surface area contributed by atoms with E-state index in [1.54, 1.807) is 19.4 Å². The van der Waals surface area contributed by atoms with E-state index in [0.29, 0.717) is 30.1 Å². The van der Waals surface area contributed by atoms with Gasteiger partial charge < -0.3 is 14.7 Å². The van der Waals surface area contributed by atoms with Gasteiger partial charge >= 0.3 is 5.97 Å². The largest absolute Gasteiger partial charge is 0.497 e. The fourth-order valence-corrected chi connectivity index (χ4v) is 6.01. The van der Waals surface area contributed by atoms with Gasteiger partial charge in [-0.1, -0.05) is 23.7 Å². The summed E-state index contributed by atoms with van der Waals surface area (Å²) in [5, 5.41) is 10.9. The molecule has 0 radical (unpaired) electrons. The van der Waals surface area contributed by atoms with Crippen LogP contribution in [0.5, 0.6) is 5.75 Å². The highest BCUT2D eigenvalue weighted by atomic mass is 35.5. The van der Waals surface area contributed by atoms with Crippen molar-refractivity contribution in [2.24, 2.45) is 11.8 Å². The van der Waals surface area contributed by atoms with Crippen LogP contribution in [0.3, 0.4) is 0 Å². The fourth-order valence-electron chi connectivity index (χ4n) is 5.79. The van der Waals surface area contributed by atoms with Crippen LogP contribution in [0.4, 0.5) is 4.39 Å². The van der Waals surface area contributed by atoms with Crippen molar-refractivity contribution in [2.45, 2.75) is 57.5 Å². The summed E-state index contributed by atoms with van der Waals surface area (Å²) in [6.07, 6.45) is 6.72. The number of aryl methyl sites for hydroxylation is 1. The first kappa shape index (κ1) is 28.3. The van der Waals surface area contributed by atoms with Crippen LogP contribution in [-0.2, 0) is 11.2 Å². The Morgan fingerprint density at radius 3 is 2.84 bits per heavy atom.